The molecule has 0 radical (unpaired) electrons. The number of hydrogen-bond donors (Lipinski definition) is 2. The van der Waals surface area contributed by atoms with Crippen molar-refractivity contribution in [1.82, 2.24) is 0 Å². The van der Waals surface area contributed by atoms with E-state index in [1.807, 2.05) is 30.4 Å². The van der Waals surface area contributed by atoms with Crippen molar-refractivity contribution < 1.29 is 19.8 Å². The minimum absolute atomic E-state index is 0.0435. The summed E-state index contributed by atoms with van der Waals surface area (Å²) in [6.07, 6.45) is 17.0. The molecule has 24 heavy (non-hydrogen) atoms. The predicted molar refractivity (Wildman–Crippen MR) is 95.7 cm³/mol. The summed E-state index contributed by atoms with van der Waals surface area (Å²) in [7, 11) is 0. The zero-order valence-corrected chi connectivity index (χ0v) is 14.6. The normalized spacial score (nSPS) is 22.0. The highest BCUT2D eigenvalue weighted by Gasteiger charge is 2.27. The summed E-state index contributed by atoms with van der Waals surface area (Å²) in [4.78, 5) is 22.4. The number of carboxylic acids is 1. The Hall–Kier alpha value is -1.68. The van der Waals surface area contributed by atoms with Crippen LogP contribution in [-0.4, -0.2) is 28.1 Å². The van der Waals surface area contributed by atoms with Crippen LogP contribution in [0.2, 0.25) is 0 Å². The third-order valence-electron chi connectivity index (χ3n) is 4.29. The largest absolute Gasteiger partial charge is 0.481 e. The minimum atomic E-state index is -0.777. The quantitative estimate of drug-likeness (QED) is 0.417. The van der Waals surface area contributed by atoms with Gasteiger partial charge in [-0.25, -0.2) is 0 Å². The van der Waals surface area contributed by atoms with Gasteiger partial charge in [0.15, 0.2) is 5.78 Å². The van der Waals surface area contributed by atoms with Crippen LogP contribution in [0, 0.1) is 11.8 Å². The van der Waals surface area contributed by atoms with E-state index >= 15 is 0 Å². The highest BCUT2D eigenvalue weighted by molar-refractivity contribution is 5.95. The van der Waals surface area contributed by atoms with Crippen LogP contribution >= 0.6 is 0 Å². The van der Waals surface area contributed by atoms with Crippen LogP contribution in [0.25, 0.3) is 0 Å². The van der Waals surface area contributed by atoms with Gasteiger partial charge in [-0.15, -0.1) is 0 Å². The summed E-state index contributed by atoms with van der Waals surface area (Å²) in [5, 5.41) is 18.5. The van der Waals surface area contributed by atoms with Crippen molar-refractivity contribution in [2.24, 2.45) is 11.8 Å². The van der Waals surface area contributed by atoms with Crippen molar-refractivity contribution in [2.75, 3.05) is 0 Å². The van der Waals surface area contributed by atoms with Crippen LogP contribution in [0.4, 0.5) is 0 Å². The minimum Gasteiger partial charge on any atom is -0.481 e. The molecular formula is C20H30O4. The summed E-state index contributed by atoms with van der Waals surface area (Å²) in [6.45, 7) is 2.14. The Balaban J connectivity index is 2.38. The number of unbranched alkanes of at least 4 members (excludes halogenated alkanes) is 3. The monoisotopic (exact) mass is 334 g/mol. The van der Waals surface area contributed by atoms with Crippen molar-refractivity contribution in [2.45, 2.75) is 64.4 Å². The van der Waals surface area contributed by atoms with Gasteiger partial charge in [-0.05, 0) is 31.8 Å². The van der Waals surface area contributed by atoms with Crippen LogP contribution in [0.1, 0.15) is 58.3 Å². The van der Waals surface area contributed by atoms with Gasteiger partial charge in [0.2, 0.25) is 0 Å². The molecule has 3 atom stereocenters. The smallest absolute Gasteiger partial charge is 0.303 e. The van der Waals surface area contributed by atoms with Gasteiger partial charge in [0.25, 0.3) is 0 Å². The molecule has 4 heteroatoms. The molecule has 0 heterocycles. The Kier molecular flexibility index (Phi) is 10.0. The third-order valence-corrected chi connectivity index (χ3v) is 4.29. The third kappa shape index (κ3) is 8.25. The van der Waals surface area contributed by atoms with Crippen LogP contribution in [0.5, 0.6) is 0 Å². The predicted octanol–water partition coefficient (Wildman–Crippen LogP) is 4.06. The Morgan fingerprint density at radius 2 is 2.08 bits per heavy atom. The maximum atomic E-state index is 12.0. The van der Waals surface area contributed by atoms with E-state index < -0.39 is 12.1 Å². The highest BCUT2D eigenvalue weighted by atomic mass is 16.4. The van der Waals surface area contributed by atoms with Crippen molar-refractivity contribution in [3.63, 3.8) is 0 Å². The number of carbonyl (C=O) groups is 2. The van der Waals surface area contributed by atoms with Crippen molar-refractivity contribution in [1.29, 1.82) is 0 Å². The Bertz CT molecular complexity index is 476. The molecule has 1 aliphatic rings. The Labute approximate surface area is 145 Å². The second kappa shape index (κ2) is 11.8. The number of ketones is 1. The Morgan fingerprint density at radius 1 is 1.29 bits per heavy atom. The second-order valence-electron chi connectivity index (χ2n) is 6.39. The van der Waals surface area contributed by atoms with E-state index in [2.05, 4.69) is 6.92 Å². The van der Waals surface area contributed by atoms with E-state index in [-0.39, 0.29) is 24.0 Å². The average molecular weight is 334 g/mol. The molecule has 0 spiro atoms. The standard InChI is InChI=1S/C20H30O4/c1-2-3-6-9-17(21)14-12-16-13-15-19(22)18(16)10-7-4-5-8-11-20(23)24/h4,7,12-18,21H,2-3,5-6,8-11H2,1H3,(H,23,24)/b7-4-,14-12?/t16-,17+,18+/m0/s1. The highest BCUT2D eigenvalue weighted by Crippen LogP contribution is 2.27. The van der Waals surface area contributed by atoms with Crippen LogP contribution in [0.15, 0.2) is 36.5 Å². The van der Waals surface area contributed by atoms with Crippen LogP contribution < -0.4 is 0 Å². The molecule has 4 nitrogen and oxygen atoms in total. The molecule has 0 saturated carbocycles. The molecule has 1 rings (SSSR count). The molecule has 134 valence electrons. The lowest BCUT2D eigenvalue weighted by Crippen LogP contribution is -2.14. The van der Waals surface area contributed by atoms with Gasteiger partial charge in [-0.2, -0.15) is 0 Å². The molecular weight excluding hydrogens is 304 g/mol. The van der Waals surface area contributed by atoms with Gasteiger partial charge in [0.1, 0.15) is 0 Å². The van der Waals surface area contributed by atoms with Gasteiger partial charge in [-0.3, -0.25) is 9.59 Å². The first kappa shape index (κ1) is 20.4. The van der Waals surface area contributed by atoms with E-state index in [0.29, 0.717) is 12.8 Å². The molecule has 0 bridgehead atoms. The zero-order valence-electron chi connectivity index (χ0n) is 14.6. The number of carbonyl (C=O) groups excluding carboxylic acids is 1. The van der Waals surface area contributed by atoms with Gasteiger partial charge >= 0.3 is 5.97 Å². The Morgan fingerprint density at radius 3 is 2.79 bits per heavy atom. The molecule has 2 N–H and O–H groups in total. The summed E-state index contributed by atoms with van der Waals surface area (Å²) in [5.74, 6) is -0.705. The molecule has 0 aromatic carbocycles. The zero-order chi connectivity index (χ0) is 17.8. The maximum Gasteiger partial charge on any atom is 0.303 e. The molecule has 0 unspecified atom stereocenters. The van der Waals surface area contributed by atoms with Gasteiger partial charge in [-0.1, -0.05) is 56.6 Å². The number of rotatable bonds is 12. The second-order valence-corrected chi connectivity index (χ2v) is 6.39. The lowest BCUT2D eigenvalue weighted by atomic mass is 9.90. The van der Waals surface area contributed by atoms with Crippen LogP contribution in [-0.2, 0) is 9.59 Å². The molecule has 1 aliphatic carbocycles. The summed E-state index contributed by atoms with van der Waals surface area (Å²) < 4.78 is 0. The van der Waals surface area contributed by atoms with Crippen LogP contribution in [0.3, 0.4) is 0 Å². The number of carboxylic acid groups (broad SMARTS) is 1. The van der Waals surface area contributed by atoms with Gasteiger partial charge < -0.3 is 10.2 Å². The summed E-state index contributed by atoms with van der Waals surface area (Å²) in [5.41, 5.74) is 0. The molecule has 0 aromatic rings. The van der Waals surface area contributed by atoms with E-state index in [1.165, 1.54) is 0 Å². The number of hydrogen-bond acceptors (Lipinski definition) is 3. The molecule has 0 saturated heterocycles. The van der Waals surface area contributed by atoms with Gasteiger partial charge in [0, 0.05) is 18.3 Å². The molecule has 0 amide bonds. The number of aliphatic carboxylic acids is 1. The van der Waals surface area contributed by atoms with E-state index in [4.69, 9.17) is 5.11 Å². The van der Waals surface area contributed by atoms with Crippen molar-refractivity contribution in [3.8, 4) is 0 Å². The van der Waals surface area contributed by atoms with E-state index in [1.54, 1.807) is 6.08 Å². The first-order valence-corrected chi connectivity index (χ1v) is 8.99. The SMILES string of the molecule is CCCCC[C@@H](O)C=C[C@H]1C=CC(=O)[C@@H]1C/C=C\CCCC(=O)O. The average Bonchev–Trinajstić information content (AvgIpc) is 2.89. The molecule has 0 aromatic heterocycles. The number of allylic oxidation sites excluding steroid dienone is 5. The topological polar surface area (TPSA) is 74.6 Å². The summed E-state index contributed by atoms with van der Waals surface area (Å²) in [6, 6.07) is 0. The van der Waals surface area contributed by atoms with E-state index in [0.717, 1.165) is 32.1 Å². The lowest BCUT2D eigenvalue weighted by molar-refractivity contribution is -0.137. The number of aliphatic hydroxyl groups is 1. The van der Waals surface area contributed by atoms with E-state index in [9.17, 15) is 14.7 Å². The van der Waals surface area contributed by atoms with Gasteiger partial charge in [0.05, 0.1) is 6.10 Å². The first-order valence-electron chi connectivity index (χ1n) is 8.99. The fourth-order valence-electron chi connectivity index (χ4n) is 2.81. The van der Waals surface area contributed by atoms with Crippen molar-refractivity contribution in [3.05, 3.63) is 36.5 Å². The fraction of sp³-hybridized carbons (Fsp3) is 0.600. The summed E-state index contributed by atoms with van der Waals surface area (Å²) >= 11 is 0. The fourth-order valence-corrected chi connectivity index (χ4v) is 2.81. The van der Waals surface area contributed by atoms with Crippen molar-refractivity contribution >= 4 is 11.8 Å². The molecule has 0 fully saturated rings. The first-order chi connectivity index (χ1) is 11.5. The lowest BCUT2D eigenvalue weighted by Gasteiger charge is -2.13. The maximum absolute atomic E-state index is 12.0. The molecule has 0 aliphatic heterocycles. The number of aliphatic hydroxyl groups excluding tert-OH is 1.